The van der Waals surface area contributed by atoms with Crippen molar-refractivity contribution in [2.45, 2.75) is 38.7 Å². The van der Waals surface area contributed by atoms with Gasteiger partial charge in [0.1, 0.15) is 0 Å². The maximum atomic E-state index is 12.5. The number of thiocarbonyl (C=S) groups is 1. The summed E-state index contributed by atoms with van der Waals surface area (Å²) in [7, 11) is 1.83. The van der Waals surface area contributed by atoms with Gasteiger partial charge in [-0.3, -0.25) is 4.79 Å². The number of nitrogens with two attached hydrogens (primary N) is 1. The molecule has 2 fully saturated rings. The summed E-state index contributed by atoms with van der Waals surface area (Å²) in [6.45, 7) is 3.59. The third-order valence-electron chi connectivity index (χ3n) is 4.12. The molecular formula is C13H22N2O2S. The van der Waals surface area contributed by atoms with Crippen molar-refractivity contribution in [3.05, 3.63) is 0 Å². The molecule has 18 heavy (non-hydrogen) atoms. The Bertz CT molecular complexity index is 347. The molecule has 0 spiro atoms. The van der Waals surface area contributed by atoms with Gasteiger partial charge >= 0.3 is 0 Å². The number of rotatable bonds is 4. The lowest BCUT2D eigenvalue weighted by molar-refractivity contribution is -0.144. The van der Waals surface area contributed by atoms with Crippen molar-refractivity contribution < 1.29 is 9.53 Å². The molecule has 2 rings (SSSR count). The van der Waals surface area contributed by atoms with Gasteiger partial charge < -0.3 is 15.4 Å². The van der Waals surface area contributed by atoms with Gasteiger partial charge in [-0.2, -0.15) is 0 Å². The summed E-state index contributed by atoms with van der Waals surface area (Å²) < 4.78 is 5.56. The first kappa shape index (κ1) is 13.7. The van der Waals surface area contributed by atoms with E-state index in [4.69, 9.17) is 22.7 Å². The van der Waals surface area contributed by atoms with Crippen LogP contribution in [0.5, 0.6) is 0 Å². The van der Waals surface area contributed by atoms with Crippen LogP contribution in [0.1, 0.15) is 32.6 Å². The largest absolute Gasteiger partial charge is 0.392 e. The summed E-state index contributed by atoms with van der Waals surface area (Å²) in [4.78, 5) is 14.6. The van der Waals surface area contributed by atoms with Crippen LogP contribution in [0.15, 0.2) is 0 Å². The van der Waals surface area contributed by atoms with Gasteiger partial charge in [0.05, 0.1) is 16.5 Å². The van der Waals surface area contributed by atoms with Crippen LogP contribution >= 0.6 is 12.2 Å². The van der Waals surface area contributed by atoms with E-state index in [1.54, 1.807) is 4.90 Å². The molecule has 0 bridgehead atoms. The topological polar surface area (TPSA) is 55.6 Å². The molecule has 5 heteroatoms. The van der Waals surface area contributed by atoms with Crippen LogP contribution in [0.25, 0.3) is 0 Å². The molecule has 1 aliphatic carbocycles. The van der Waals surface area contributed by atoms with Crippen LogP contribution in [-0.2, 0) is 9.53 Å². The van der Waals surface area contributed by atoms with Gasteiger partial charge in [-0.15, -0.1) is 0 Å². The molecule has 1 saturated heterocycles. The summed E-state index contributed by atoms with van der Waals surface area (Å²) in [5.74, 6) is 0.607. The van der Waals surface area contributed by atoms with Crippen molar-refractivity contribution in [3.8, 4) is 0 Å². The second kappa shape index (κ2) is 5.13. The minimum absolute atomic E-state index is 0.0728. The van der Waals surface area contributed by atoms with Crippen LogP contribution in [-0.4, -0.2) is 42.1 Å². The van der Waals surface area contributed by atoms with Gasteiger partial charge in [-0.1, -0.05) is 19.1 Å². The van der Waals surface area contributed by atoms with Gasteiger partial charge in [-0.25, -0.2) is 0 Å². The highest BCUT2D eigenvalue weighted by Gasteiger charge is 2.52. The van der Waals surface area contributed by atoms with E-state index in [9.17, 15) is 4.79 Å². The van der Waals surface area contributed by atoms with Crippen LogP contribution in [0.2, 0.25) is 0 Å². The molecule has 0 radical (unpaired) electrons. The fourth-order valence-corrected chi connectivity index (χ4v) is 3.41. The van der Waals surface area contributed by atoms with E-state index in [0.29, 0.717) is 17.5 Å². The predicted molar refractivity (Wildman–Crippen MR) is 74.2 cm³/mol. The normalized spacial score (nSPS) is 35.0. The Morgan fingerprint density at radius 3 is 2.67 bits per heavy atom. The summed E-state index contributed by atoms with van der Waals surface area (Å²) in [5, 5.41) is 0. The average Bonchev–Trinajstić information content (AvgIpc) is 2.75. The second-order valence-corrected chi connectivity index (χ2v) is 6.22. The molecule has 0 aromatic heterocycles. The first-order chi connectivity index (χ1) is 8.45. The second-order valence-electron chi connectivity index (χ2n) is 5.78. The molecule has 1 aliphatic heterocycles. The molecule has 0 aromatic carbocycles. The molecule has 1 amide bonds. The molecule has 1 atom stereocenters. The molecule has 1 unspecified atom stereocenters. The van der Waals surface area contributed by atoms with Gasteiger partial charge in [0.15, 0.2) is 0 Å². The van der Waals surface area contributed by atoms with E-state index >= 15 is 0 Å². The monoisotopic (exact) mass is 270 g/mol. The van der Waals surface area contributed by atoms with Crippen molar-refractivity contribution in [2.75, 3.05) is 20.2 Å². The smallest absolute Gasteiger partial charge is 0.235 e. The van der Waals surface area contributed by atoms with Crippen molar-refractivity contribution in [3.63, 3.8) is 0 Å². The maximum Gasteiger partial charge on any atom is 0.235 e. The van der Waals surface area contributed by atoms with E-state index in [1.807, 2.05) is 7.05 Å². The highest BCUT2D eigenvalue weighted by molar-refractivity contribution is 7.80. The summed E-state index contributed by atoms with van der Waals surface area (Å²) in [6.07, 6.45) is 3.88. The number of ether oxygens (including phenoxy) is 1. The van der Waals surface area contributed by atoms with Crippen molar-refractivity contribution in [1.82, 2.24) is 4.90 Å². The lowest BCUT2D eigenvalue weighted by atomic mass is 9.61. The van der Waals surface area contributed by atoms with E-state index < -0.39 is 5.41 Å². The zero-order chi connectivity index (χ0) is 13.3. The minimum Gasteiger partial charge on any atom is -0.392 e. The average molecular weight is 270 g/mol. The fraction of sp³-hybridized carbons (Fsp3) is 0.846. The summed E-state index contributed by atoms with van der Waals surface area (Å²) in [5.41, 5.74) is 5.21. The highest BCUT2D eigenvalue weighted by Crippen LogP contribution is 2.47. The Labute approximate surface area is 114 Å². The zero-order valence-electron chi connectivity index (χ0n) is 11.1. The van der Waals surface area contributed by atoms with Crippen LogP contribution < -0.4 is 5.73 Å². The molecule has 1 heterocycles. The van der Waals surface area contributed by atoms with E-state index in [2.05, 4.69) is 6.92 Å². The number of amides is 1. The Kier molecular flexibility index (Phi) is 3.92. The predicted octanol–water partition coefficient (Wildman–Crippen LogP) is 1.33. The van der Waals surface area contributed by atoms with Crippen molar-refractivity contribution >= 4 is 23.1 Å². The summed E-state index contributed by atoms with van der Waals surface area (Å²) >= 11 is 5.11. The minimum atomic E-state index is -0.581. The molecule has 2 N–H and O–H groups in total. The molecule has 0 aromatic rings. The van der Waals surface area contributed by atoms with Gasteiger partial charge in [0, 0.05) is 20.2 Å². The van der Waals surface area contributed by atoms with Gasteiger partial charge in [0.25, 0.3) is 0 Å². The van der Waals surface area contributed by atoms with Crippen LogP contribution in [0.4, 0.5) is 0 Å². The maximum absolute atomic E-state index is 12.5. The van der Waals surface area contributed by atoms with Crippen molar-refractivity contribution in [1.29, 1.82) is 0 Å². The number of carbonyl (C=O) groups excluding carboxylic acids is 1. The Morgan fingerprint density at radius 1 is 1.56 bits per heavy atom. The van der Waals surface area contributed by atoms with Gasteiger partial charge in [-0.05, 0) is 31.6 Å². The van der Waals surface area contributed by atoms with E-state index in [0.717, 1.165) is 32.3 Å². The first-order valence-corrected chi connectivity index (χ1v) is 7.03. The third kappa shape index (κ3) is 2.38. The molecular weight excluding hydrogens is 248 g/mol. The Balaban J connectivity index is 1.98. The quantitative estimate of drug-likeness (QED) is 0.783. The number of likely N-dealkylation sites (N-methyl/N-ethyl adjacent to an activating group) is 1. The molecule has 1 saturated carbocycles. The van der Waals surface area contributed by atoms with E-state index in [1.165, 1.54) is 0 Å². The summed E-state index contributed by atoms with van der Waals surface area (Å²) in [6, 6.07) is 0. The molecule has 4 nitrogen and oxygen atoms in total. The number of hydrogen-bond donors (Lipinski definition) is 1. The van der Waals surface area contributed by atoms with Crippen LogP contribution in [0.3, 0.4) is 0 Å². The van der Waals surface area contributed by atoms with Crippen LogP contribution in [0, 0.1) is 11.3 Å². The third-order valence-corrected chi connectivity index (χ3v) is 4.51. The fourth-order valence-electron chi connectivity index (χ4n) is 3.15. The van der Waals surface area contributed by atoms with Gasteiger partial charge in [0.2, 0.25) is 5.91 Å². The van der Waals surface area contributed by atoms with E-state index in [-0.39, 0.29) is 12.0 Å². The lowest BCUT2D eigenvalue weighted by Crippen LogP contribution is -2.57. The first-order valence-electron chi connectivity index (χ1n) is 6.63. The number of nitrogens with zero attached hydrogens (tertiary/aromatic N) is 1. The standard InChI is InChI=1S/C13H22N2O2S/c1-9-6-13(7-9,11(14)18)12(16)15(2)8-10-4-3-5-17-10/h9-10H,3-8H2,1-2H3,(H2,14,18). The SMILES string of the molecule is CC1CC(C(=O)N(C)CC2CCCO2)(C(N)=S)C1. The van der Waals surface area contributed by atoms with Crippen molar-refractivity contribution in [2.24, 2.45) is 17.1 Å². The Morgan fingerprint density at radius 2 is 2.22 bits per heavy atom. The number of carbonyl (C=O) groups is 1. The molecule has 102 valence electrons. The highest BCUT2D eigenvalue weighted by atomic mass is 32.1. The Hall–Kier alpha value is -0.680. The number of hydrogen-bond acceptors (Lipinski definition) is 3. The molecule has 2 aliphatic rings. The zero-order valence-corrected chi connectivity index (χ0v) is 12.0. The lowest BCUT2D eigenvalue weighted by Gasteiger charge is -2.46.